The second kappa shape index (κ2) is 8.37. The Kier molecular flexibility index (Phi) is 5.95. The maximum atomic E-state index is 12.6. The van der Waals surface area contributed by atoms with Crippen LogP contribution in [0, 0.1) is 6.92 Å². The van der Waals surface area contributed by atoms with Gasteiger partial charge in [0.15, 0.2) is 0 Å². The van der Waals surface area contributed by atoms with Gasteiger partial charge in [-0.2, -0.15) is 0 Å². The van der Waals surface area contributed by atoms with Gasteiger partial charge in [0.05, 0.1) is 12.8 Å². The standard InChI is InChI=1S/C18H20N4O2S2/c1-4-5-6-14-21-22-18(25-14)20-16(23)15-11(2)19-17(26-15)12-7-9-13(24-3)10-8-12/h7-10H,4-6H2,1-3H3,(H,20,22,23). The summed E-state index contributed by atoms with van der Waals surface area (Å²) < 4.78 is 5.17. The molecule has 0 aliphatic heterocycles. The monoisotopic (exact) mass is 388 g/mol. The minimum absolute atomic E-state index is 0.196. The van der Waals surface area contributed by atoms with Gasteiger partial charge >= 0.3 is 0 Å². The predicted molar refractivity (Wildman–Crippen MR) is 105 cm³/mol. The quantitative estimate of drug-likeness (QED) is 0.641. The van der Waals surface area contributed by atoms with Crippen molar-refractivity contribution in [1.82, 2.24) is 15.2 Å². The van der Waals surface area contributed by atoms with E-state index in [-0.39, 0.29) is 5.91 Å². The minimum atomic E-state index is -0.196. The summed E-state index contributed by atoms with van der Waals surface area (Å²) in [4.78, 5) is 17.7. The number of thiazole rings is 1. The lowest BCUT2D eigenvalue weighted by Gasteiger charge is -2.00. The number of carbonyl (C=O) groups is 1. The molecule has 0 radical (unpaired) electrons. The molecular weight excluding hydrogens is 368 g/mol. The highest BCUT2D eigenvalue weighted by atomic mass is 32.1. The zero-order valence-electron chi connectivity index (χ0n) is 14.9. The van der Waals surface area contributed by atoms with Crippen LogP contribution in [-0.4, -0.2) is 28.2 Å². The number of unbranched alkanes of at least 4 members (excludes halogenated alkanes) is 1. The van der Waals surface area contributed by atoms with Crippen molar-refractivity contribution < 1.29 is 9.53 Å². The Hall–Kier alpha value is -2.32. The van der Waals surface area contributed by atoms with E-state index >= 15 is 0 Å². The van der Waals surface area contributed by atoms with E-state index in [4.69, 9.17) is 4.74 Å². The molecule has 0 saturated heterocycles. The lowest BCUT2D eigenvalue weighted by Crippen LogP contribution is -2.11. The lowest BCUT2D eigenvalue weighted by atomic mass is 10.2. The third-order valence-corrected chi connectivity index (χ3v) is 5.88. The zero-order chi connectivity index (χ0) is 18.5. The fraction of sp³-hybridized carbons (Fsp3) is 0.333. The Bertz CT molecular complexity index is 887. The van der Waals surface area contributed by atoms with Gasteiger partial charge in [0.25, 0.3) is 5.91 Å². The molecule has 8 heteroatoms. The number of anilines is 1. The van der Waals surface area contributed by atoms with Crippen molar-refractivity contribution in [2.75, 3.05) is 12.4 Å². The summed E-state index contributed by atoms with van der Waals surface area (Å²) in [5, 5.41) is 13.3. The van der Waals surface area contributed by atoms with Crippen molar-refractivity contribution in [3.63, 3.8) is 0 Å². The van der Waals surface area contributed by atoms with Crippen LogP contribution in [0.3, 0.4) is 0 Å². The maximum Gasteiger partial charge on any atom is 0.269 e. The van der Waals surface area contributed by atoms with Gasteiger partial charge in [0.2, 0.25) is 5.13 Å². The SMILES string of the molecule is CCCCc1nnc(NC(=O)c2sc(-c3ccc(OC)cc3)nc2C)s1. The smallest absolute Gasteiger partial charge is 0.269 e. The highest BCUT2D eigenvalue weighted by Gasteiger charge is 2.18. The number of hydrogen-bond donors (Lipinski definition) is 1. The number of hydrogen-bond acceptors (Lipinski definition) is 7. The number of benzene rings is 1. The Morgan fingerprint density at radius 1 is 1.19 bits per heavy atom. The van der Waals surface area contributed by atoms with Crippen LogP contribution in [0.1, 0.15) is 40.1 Å². The van der Waals surface area contributed by atoms with Crippen molar-refractivity contribution in [3.8, 4) is 16.3 Å². The van der Waals surface area contributed by atoms with Crippen molar-refractivity contribution in [3.05, 3.63) is 39.8 Å². The molecule has 26 heavy (non-hydrogen) atoms. The first kappa shape index (κ1) is 18.5. The Morgan fingerprint density at radius 2 is 1.96 bits per heavy atom. The minimum Gasteiger partial charge on any atom is -0.497 e. The number of aromatic nitrogens is 3. The Labute approximate surface area is 160 Å². The molecule has 0 fully saturated rings. The van der Waals surface area contributed by atoms with Crippen molar-refractivity contribution in [2.24, 2.45) is 0 Å². The molecule has 2 heterocycles. The van der Waals surface area contributed by atoms with Gasteiger partial charge in [-0.25, -0.2) is 4.98 Å². The van der Waals surface area contributed by atoms with Crippen molar-refractivity contribution in [1.29, 1.82) is 0 Å². The Balaban J connectivity index is 1.73. The molecule has 1 amide bonds. The average Bonchev–Trinajstić information content (AvgIpc) is 3.26. The van der Waals surface area contributed by atoms with Crippen LogP contribution in [0.5, 0.6) is 5.75 Å². The number of carbonyl (C=O) groups excluding carboxylic acids is 1. The fourth-order valence-corrected chi connectivity index (χ4v) is 4.09. The normalized spacial score (nSPS) is 10.7. The van der Waals surface area contributed by atoms with E-state index < -0.39 is 0 Å². The van der Waals surface area contributed by atoms with Crippen LogP contribution in [0.25, 0.3) is 10.6 Å². The van der Waals surface area contributed by atoms with E-state index in [9.17, 15) is 4.79 Å². The molecule has 0 atom stereocenters. The second-order valence-electron chi connectivity index (χ2n) is 5.72. The molecule has 136 valence electrons. The first-order valence-electron chi connectivity index (χ1n) is 8.36. The first-order valence-corrected chi connectivity index (χ1v) is 9.99. The van der Waals surface area contributed by atoms with Gasteiger partial charge in [0, 0.05) is 12.0 Å². The van der Waals surface area contributed by atoms with Gasteiger partial charge in [-0.1, -0.05) is 24.7 Å². The number of amides is 1. The zero-order valence-corrected chi connectivity index (χ0v) is 16.5. The highest BCUT2D eigenvalue weighted by molar-refractivity contribution is 7.17. The van der Waals surface area contributed by atoms with Crippen LogP contribution in [0.4, 0.5) is 5.13 Å². The summed E-state index contributed by atoms with van der Waals surface area (Å²) in [6, 6.07) is 7.63. The molecule has 1 aromatic carbocycles. The maximum absolute atomic E-state index is 12.6. The molecule has 0 aliphatic carbocycles. The van der Waals surface area contributed by atoms with E-state index in [1.165, 1.54) is 22.7 Å². The number of nitrogens with one attached hydrogen (secondary N) is 1. The largest absolute Gasteiger partial charge is 0.497 e. The number of methoxy groups -OCH3 is 1. The third-order valence-electron chi connectivity index (χ3n) is 3.77. The van der Waals surface area contributed by atoms with Crippen LogP contribution in [0.15, 0.2) is 24.3 Å². The molecule has 3 rings (SSSR count). The molecular formula is C18H20N4O2S2. The van der Waals surface area contributed by atoms with Gasteiger partial charge in [-0.05, 0) is 37.6 Å². The molecule has 0 saturated carbocycles. The summed E-state index contributed by atoms with van der Waals surface area (Å²) >= 11 is 2.79. The molecule has 0 bridgehead atoms. The van der Waals surface area contributed by atoms with Crippen LogP contribution in [-0.2, 0) is 6.42 Å². The van der Waals surface area contributed by atoms with Gasteiger partial charge in [-0.15, -0.1) is 21.5 Å². The Morgan fingerprint density at radius 3 is 2.65 bits per heavy atom. The van der Waals surface area contributed by atoms with E-state index in [2.05, 4.69) is 27.4 Å². The lowest BCUT2D eigenvalue weighted by molar-refractivity contribution is 0.102. The number of rotatable bonds is 7. The summed E-state index contributed by atoms with van der Waals surface area (Å²) in [5.74, 6) is 0.591. The van der Waals surface area contributed by atoms with Gasteiger partial charge in [0.1, 0.15) is 20.6 Å². The topological polar surface area (TPSA) is 77.0 Å². The third kappa shape index (κ3) is 4.25. The van der Waals surface area contributed by atoms with Crippen molar-refractivity contribution >= 4 is 33.7 Å². The molecule has 1 N–H and O–H groups in total. The molecule has 2 aromatic heterocycles. The first-order chi connectivity index (χ1) is 12.6. The van der Waals surface area contributed by atoms with E-state index in [0.29, 0.717) is 15.7 Å². The van der Waals surface area contributed by atoms with Gasteiger partial charge < -0.3 is 4.74 Å². The highest BCUT2D eigenvalue weighted by Crippen LogP contribution is 2.30. The van der Waals surface area contributed by atoms with Crippen LogP contribution >= 0.6 is 22.7 Å². The fourth-order valence-electron chi connectivity index (χ4n) is 2.35. The second-order valence-corrected chi connectivity index (χ2v) is 7.78. The average molecular weight is 389 g/mol. The number of nitrogens with zero attached hydrogens (tertiary/aromatic N) is 3. The molecule has 0 aliphatic rings. The van der Waals surface area contributed by atoms with Crippen LogP contribution in [0.2, 0.25) is 0 Å². The van der Waals surface area contributed by atoms with Crippen LogP contribution < -0.4 is 10.1 Å². The molecule has 0 unspecified atom stereocenters. The predicted octanol–water partition coefficient (Wildman–Crippen LogP) is 4.57. The van der Waals surface area contributed by atoms with Gasteiger partial charge in [-0.3, -0.25) is 10.1 Å². The van der Waals surface area contributed by atoms with E-state index in [1.54, 1.807) is 7.11 Å². The van der Waals surface area contributed by atoms with Crippen molar-refractivity contribution in [2.45, 2.75) is 33.1 Å². The van der Waals surface area contributed by atoms with E-state index in [0.717, 1.165) is 40.6 Å². The summed E-state index contributed by atoms with van der Waals surface area (Å²) in [6.45, 7) is 3.97. The van der Waals surface area contributed by atoms with E-state index in [1.807, 2.05) is 31.2 Å². The molecule has 3 aromatic rings. The summed E-state index contributed by atoms with van der Waals surface area (Å²) in [5.41, 5.74) is 1.66. The number of aryl methyl sites for hydroxylation is 2. The summed E-state index contributed by atoms with van der Waals surface area (Å²) in [7, 11) is 1.63. The molecule has 0 spiro atoms. The number of ether oxygens (including phenoxy) is 1. The summed E-state index contributed by atoms with van der Waals surface area (Å²) in [6.07, 6.45) is 3.07. The molecule has 6 nitrogen and oxygen atoms in total.